The summed E-state index contributed by atoms with van der Waals surface area (Å²) in [6.07, 6.45) is 2.55. The van der Waals surface area contributed by atoms with E-state index in [1.807, 2.05) is 24.5 Å². The smallest absolute Gasteiger partial charge is 0.258 e. The van der Waals surface area contributed by atoms with E-state index >= 15 is 0 Å². The normalized spacial score (nSPS) is 14.0. The molecular weight excluding hydrogens is 338 g/mol. The van der Waals surface area contributed by atoms with Gasteiger partial charge in [-0.3, -0.25) is 4.79 Å². The molecule has 0 saturated heterocycles. The summed E-state index contributed by atoms with van der Waals surface area (Å²) < 4.78 is 32.7. The number of hydrogen-bond donors (Lipinski definition) is 0. The lowest BCUT2D eigenvalue weighted by Crippen LogP contribution is -2.37. The summed E-state index contributed by atoms with van der Waals surface area (Å²) >= 11 is 6.30. The van der Waals surface area contributed by atoms with Crippen LogP contribution in [0, 0.1) is 0 Å². The van der Waals surface area contributed by atoms with Crippen molar-refractivity contribution in [3.63, 3.8) is 0 Å². The maximum atomic E-state index is 12.8. The Morgan fingerprint density at radius 1 is 1.38 bits per heavy atom. The van der Waals surface area contributed by atoms with E-state index in [4.69, 9.17) is 16.3 Å². The predicted octanol–water partition coefficient (Wildman–Crippen LogP) is 4.01. The van der Waals surface area contributed by atoms with Crippen molar-refractivity contribution in [1.29, 1.82) is 0 Å². The molecule has 1 amide bonds. The van der Waals surface area contributed by atoms with Crippen LogP contribution < -0.4 is 4.74 Å². The summed E-state index contributed by atoms with van der Waals surface area (Å²) in [7, 11) is 1.44. The fourth-order valence-electron chi connectivity index (χ4n) is 2.66. The number of carbonyl (C=O) groups excluding carboxylic acids is 1. The van der Waals surface area contributed by atoms with Gasteiger partial charge in [-0.25, -0.2) is 8.78 Å². The van der Waals surface area contributed by atoms with E-state index in [0.717, 1.165) is 12.8 Å². The second kappa shape index (κ2) is 6.81. The van der Waals surface area contributed by atoms with Gasteiger partial charge in [-0.15, -0.1) is 0 Å². The van der Waals surface area contributed by atoms with E-state index in [-0.39, 0.29) is 11.6 Å². The highest BCUT2D eigenvalue weighted by atomic mass is 35.5. The molecule has 1 aliphatic carbocycles. The van der Waals surface area contributed by atoms with Gasteiger partial charge >= 0.3 is 0 Å². The molecule has 0 unspecified atom stereocenters. The van der Waals surface area contributed by atoms with Gasteiger partial charge in [-0.2, -0.15) is 0 Å². The lowest BCUT2D eigenvalue weighted by molar-refractivity contribution is 0.0531. The number of nitrogens with zero attached hydrogens (tertiary/aromatic N) is 2. The van der Waals surface area contributed by atoms with Crippen molar-refractivity contribution in [3.8, 4) is 11.4 Å². The Bertz CT molecular complexity index is 730. The van der Waals surface area contributed by atoms with Crippen molar-refractivity contribution in [3.05, 3.63) is 47.2 Å². The molecule has 2 aromatic rings. The van der Waals surface area contributed by atoms with Gasteiger partial charge in [0, 0.05) is 24.5 Å². The van der Waals surface area contributed by atoms with E-state index in [2.05, 4.69) is 0 Å². The Hall–Kier alpha value is -2.08. The van der Waals surface area contributed by atoms with Crippen molar-refractivity contribution >= 4 is 17.5 Å². The summed E-state index contributed by atoms with van der Waals surface area (Å²) in [5.74, 6) is -0.163. The van der Waals surface area contributed by atoms with Gasteiger partial charge in [0.25, 0.3) is 12.3 Å². The van der Waals surface area contributed by atoms with Crippen LogP contribution in [-0.2, 0) is 0 Å². The molecule has 7 heteroatoms. The van der Waals surface area contributed by atoms with Crippen LogP contribution >= 0.6 is 11.6 Å². The Morgan fingerprint density at radius 2 is 2.04 bits per heavy atom. The lowest BCUT2D eigenvalue weighted by Gasteiger charge is -2.23. The van der Waals surface area contributed by atoms with Crippen LogP contribution in [0.15, 0.2) is 36.7 Å². The fourth-order valence-corrected chi connectivity index (χ4v) is 2.92. The van der Waals surface area contributed by atoms with Gasteiger partial charge < -0.3 is 14.2 Å². The molecule has 1 heterocycles. The largest absolute Gasteiger partial charge is 0.496 e. The number of alkyl halides is 2. The molecule has 128 valence electrons. The number of halogens is 3. The first-order valence-electron chi connectivity index (χ1n) is 7.61. The van der Waals surface area contributed by atoms with Gasteiger partial charge in [0.2, 0.25) is 0 Å². The van der Waals surface area contributed by atoms with Gasteiger partial charge in [-0.1, -0.05) is 11.6 Å². The molecular formula is C17H17ClF2N2O2. The molecule has 1 aromatic heterocycles. The van der Waals surface area contributed by atoms with Gasteiger partial charge in [0.1, 0.15) is 5.75 Å². The number of benzene rings is 1. The zero-order valence-corrected chi connectivity index (χ0v) is 13.8. The standard InChI is InChI=1S/C17H17ClF2N2O2/c1-24-15-9-14(21-6-2-3-7-21)13(18)8-12(15)17(23)22(10-16(19)20)11-4-5-11/h2-3,6-9,11,16H,4-5,10H2,1H3. The summed E-state index contributed by atoms with van der Waals surface area (Å²) in [5.41, 5.74) is 0.854. The van der Waals surface area contributed by atoms with E-state index in [0.29, 0.717) is 16.5 Å². The summed E-state index contributed by atoms with van der Waals surface area (Å²) in [5, 5.41) is 0.350. The van der Waals surface area contributed by atoms with Gasteiger partial charge in [0.05, 0.1) is 29.9 Å². The minimum absolute atomic E-state index is 0.126. The molecule has 0 spiro atoms. The van der Waals surface area contributed by atoms with E-state index < -0.39 is 18.9 Å². The Morgan fingerprint density at radius 3 is 2.58 bits per heavy atom. The Labute approximate surface area is 143 Å². The van der Waals surface area contributed by atoms with Crippen LogP contribution in [0.1, 0.15) is 23.2 Å². The van der Waals surface area contributed by atoms with E-state index in [9.17, 15) is 13.6 Å². The molecule has 0 aliphatic heterocycles. The Kier molecular flexibility index (Phi) is 4.76. The van der Waals surface area contributed by atoms with Crippen molar-refractivity contribution in [2.45, 2.75) is 25.3 Å². The SMILES string of the molecule is COc1cc(-n2cccc2)c(Cl)cc1C(=O)N(CC(F)F)C1CC1. The fraction of sp³-hybridized carbons (Fsp3) is 0.353. The third kappa shape index (κ3) is 3.38. The predicted molar refractivity (Wildman–Crippen MR) is 87.4 cm³/mol. The van der Waals surface area contributed by atoms with Crippen molar-refractivity contribution in [2.75, 3.05) is 13.7 Å². The average Bonchev–Trinajstić information content (AvgIpc) is 3.25. The highest BCUT2D eigenvalue weighted by molar-refractivity contribution is 6.33. The zero-order valence-electron chi connectivity index (χ0n) is 13.1. The summed E-state index contributed by atoms with van der Waals surface area (Å²) in [6.45, 7) is -0.580. The second-order valence-electron chi connectivity index (χ2n) is 5.67. The van der Waals surface area contributed by atoms with Crippen molar-refractivity contribution in [1.82, 2.24) is 9.47 Å². The van der Waals surface area contributed by atoms with E-state index in [1.54, 1.807) is 10.6 Å². The zero-order chi connectivity index (χ0) is 17.3. The number of carbonyl (C=O) groups is 1. The van der Waals surface area contributed by atoms with Gasteiger partial charge in [-0.05, 0) is 31.0 Å². The minimum atomic E-state index is -2.57. The second-order valence-corrected chi connectivity index (χ2v) is 6.08. The molecule has 0 N–H and O–H groups in total. The highest BCUT2D eigenvalue weighted by Gasteiger charge is 2.36. The maximum absolute atomic E-state index is 12.8. The first kappa shape index (κ1) is 16.8. The highest BCUT2D eigenvalue weighted by Crippen LogP contribution is 2.34. The van der Waals surface area contributed by atoms with Crippen LogP contribution in [0.4, 0.5) is 8.78 Å². The first-order valence-corrected chi connectivity index (χ1v) is 7.99. The van der Waals surface area contributed by atoms with Gasteiger partial charge in [0.15, 0.2) is 0 Å². The molecule has 3 rings (SSSR count). The Balaban J connectivity index is 1.97. The first-order chi connectivity index (χ1) is 11.5. The number of hydrogen-bond acceptors (Lipinski definition) is 2. The third-order valence-corrected chi connectivity index (χ3v) is 4.27. The van der Waals surface area contributed by atoms with Crippen LogP contribution in [0.3, 0.4) is 0 Å². The number of ether oxygens (including phenoxy) is 1. The molecule has 0 radical (unpaired) electrons. The van der Waals surface area contributed by atoms with Crippen LogP contribution in [-0.4, -0.2) is 41.5 Å². The molecule has 4 nitrogen and oxygen atoms in total. The number of rotatable bonds is 6. The van der Waals surface area contributed by atoms with Crippen molar-refractivity contribution in [2.24, 2.45) is 0 Å². The monoisotopic (exact) mass is 354 g/mol. The lowest BCUT2D eigenvalue weighted by atomic mass is 10.1. The molecule has 1 aliphatic rings. The van der Waals surface area contributed by atoms with Crippen LogP contribution in [0.25, 0.3) is 5.69 Å². The molecule has 1 saturated carbocycles. The van der Waals surface area contributed by atoms with Crippen LogP contribution in [0.2, 0.25) is 5.02 Å². The average molecular weight is 355 g/mol. The van der Waals surface area contributed by atoms with E-state index in [1.165, 1.54) is 18.1 Å². The summed E-state index contributed by atoms with van der Waals surface area (Å²) in [4.78, 5) is 14.0. The number of methoxy groups -OCH3 is 1. The van der Waals surface area contributed by atoms with Crippen molar-refractivity contribution < 1.29 is 18.3 Å². The molecule has 1 fully saturated rings. The van der Waals surface area contributed by atoms with Crippen LogP contribution in [0.5, 0.6) is 5.75 Å². The third-order valence-electron chi connectivity index (χ3n) is 3.97. The molecule has 1 aromatic carbocycles. The quantitative estimate of drug-likeness (QED) is 0.785. The number of amides is 1. The minimum Gasteiger partial charge on any atom is -0.496 e. The topological polar surface area (TPSA) is 34.5 Å². The number of aromatic nitrogens is 1. The maximum Gasteiger partial charge on any atom is 0.258 e. The molecule has 0 atom stereocenters. The molecule has 0 bridgehead atoms. The molecule has 24 heavy (non-hydrogen) atoms. The summed E-state index contributed by atoms with van der Waals surface area (Å²) in [6, 6.07) is 6.69.